The molecule has 35 heavy (non-hydrogen) atoms. The Hall–Kier alpha value is -2.37. The van der Waals surface area contributed by atoms with Gasteiger partial charge < -0.3 is 9.47 Å². The van der Waals surface area contributed by atoms with Crippen LogP contribution >= 0.6 is 0 Å². The van der Waals surface area contributed by atoms with Gasteiger partial charge in [0.15, 0.2) is 0 Å². The molecule has 0 aliphatic carbocycles. The molecule has 3 heterocycles. The van der Waals surface area contributed by atoms with Crippen LogP contribution in [0.2, 0.25) is 0 Å². The molecule has 1 aromatic carbocycles. The van der Waals surface area contributed by atoms with Gasteiger partial charge in [0.1, 0.15) is 5.69 Å². The zero-order chi connectivity index (χ0) is 25.8. The molecule has 1 saturated heterocycles. The summed E-state index contributed by atoms with van der Waals surface area (Å²) in [4.78, 5) is 17.2. The van der Waals surface area contributed by atoms with E-state index in [9.17, 15) is 26.4 Å². The zero-order valence-electron chi connectivity index (χ0n) is 20.3. The van der Waals surface area contributed by atoms with Crippen molar-refractivity contribution in [3.05, 3.63) is 52.8 Å². The highest BCUT2D eigenvalue weighted by Gasteiger charge is 2.47. The minimum Gasteiger partial charge on any atom is -0.338 e. The largest absolute Gasteiger partial charge is 0.431 e. The van der Waals surface area contributed by atoms with Crippen LogP contribution in [0.1, 0.15) is 54.0 Å². The predicted octanol–water partition coefficient (Wildman–Crippen LogP) is 3.58. The number of halogens is 3. The van der Waals surface area contributed by atoms with Crippen LogP contribution in [0.4, 0.5) is 13.2 Å². The second-order valence-electron chi connectivity index (χ2n) is 9.75. The SMILES string of the molecule is Cc1cc(C(=O)N2CCC3(CC2)c2ccc(C(F)(F)F)n2CCN3C)ccc1S(=O)(=O)NC(C)C. The van der Waals surface area contributed by atoms with E-state index in [-0.39, 0.29) is 23.4 Å². The van der Waals surface area contributed by atoms with Gasteiger partial charge in [0.25, 0.3) is 5.91 Å². The van der Waals surface area contributed by atoms with Gasteiger partial charge in [0.05, 0.1) is 10.4 Å². The van der Waals surface area contributed by atoms with Gasteiger partial charge in [0, 0.05) is 43.5 Å². The fraction of sp³-hybridized carbons (Fsp3) is 0.542. The molecule has 0 atom stereocenters. The summed E-state index contributed by atoms with van der Waals surface area (Å²) in [5.41, 5.74) is 0.322. The Bertz CT molecular complexity index is 1230. The van der Waals surface area contributed by atoms with Crippen molar-refractivity contribution in [2.75, 3.05) is 26.7 Å². The topological polar surface area (TPSA) is 74.7 Å². The number of aryl methyl sites for hydroxylation is 1. The molecule has 7 nitrogen and oxygen atoms in total. The molecule has 1 fully saturated rings. The number of likely N-dealkylation sites (N-methyl/N-ethyl adjacent to an activating group) is 1. The lowest BCUT2D eigenvalue weighted by molar-refractivity contribution is -0.144. The molecule has 0 unspecified atom stereocenters. The molecule has 2 aromatic rings. The first-order valence-corrected chi connectivity index (χ1v) is 13.2. The number of hydrogen-bond acceptors (Lipinski definition) is 4. The molecular weight excluding hydrogens is 481 g/mol. The van der Waals surface area contributed by atoms with Crippen LogP contribution in [0, 0.1) is 6.92 Å². The Morgan fingerprint density at radius 1 is 1.06 bits per heavy atom. The Balaban J connectivity index is 1.53. The lowest BCUT2D eigenvalue weighted by atomic mass is 9.81. The van der Waals surface area contributed by atoms with Crippen molar-refractivity contribution < 1.29 is 26.4 Å². The third-order valence-corrected chi connectivity index (χ3v) is 8.94. The maximum atomic E-state index is 13.5. The van der Waals surface area contributed by atoms with Gasteiger partial charge >= 0.3 is 6.18 Å². The molecule has 0 radical (unpaired) electrons. The lowest BCUT2D eigenvalue weighted by Gasteiger charge is -2.50. The van der Waals surface area contributed by atoms with Gasteiger partial charge in [-0.15, -0.1) is 0 Å². The standard InChI is InChI=1S/C24H31F3N4O3S/c1-16(2)28-35(33,34)19-6-5-18(15-17(19)3)22(32)30-11-9-23(10-12-30)20-7-8-21(24(25,26)27)31(20)14-13-29(23)4/h5-8,15-16,28H,9-14H2,1-4H3. The van der Waals surface area contributed by atoms with Gasteiger partial charge in [-0.25, -0.2) is 13.1 Å². The van der Waals surface area contributed by atoms with E-state index in [0.717, 1.165) is 6.07 Å². The first kappa shape index (κ1) is 25.7. The number of piperidine rings is 1. The van der Waals surface area contributed by atoms with E-state index in [4.69, 9.17) is 0 Å². The number of likely N-dealkylation sites (tertiary alicyclic amines) is 1. The summed E-state index contributed by atoms with van der Waals surface area (Å²) in [6.07, 6.45) is -3.38. The van der Waals surface area contributed by atoms with Gasteiger partial charge in [-0.2, -0.15) is 13.2 Å². The van der Waals surface area contributed by atoms with Crippen LogP contribution in [0.3, 0.4) is 0 Å². The number of rotatable bonds is 4. The third kappa shape index (κ3) is 4.61. The highest BCUT2D eigenvalue weighted by molar-refractivity contribution is 7.89. The fourth-order valence-corrected chi connectivity index (χ4v) is 6.86. The number of sulfonamides is 1. The van der Waals surface area contributed by atoms with Gasteiger partial charge in [0.2, 0.25) is 10.0 Å². The van der Waals surface area contributed by atoms with E-state index in [1.165, 1.54) is 16.7 Å². The van der Waals surface area contributed by atoms with Crippen LogP contribution in [0.25, 0.3) is 0 Å². The molecule has 1 amide bonds. The molecule has 192 valence electrons. The highest BCUT2D eigenvalue weighted by Crippen LogP contribution is 2.44. The number of fused-ring (bicyclic) bond motifs is 2. The maximum absolute atomic E-state index is 13.5. The second-order valence-corrected chi connectivity index (χ2v) is 11.4. The molecule has 0 saturated carbocycles. The van der Waals surface area contributed by atoms with Crippen LogP contribution in [-0.4, -0.2) is 61.4 Å². The predicted molar refractivity (Wildman–Crippen MR) is 126 cm³/mol. The lowest BCUT2D eigenvalue weighted by Crippen LogP contribution is -2.56. The Morgan fingerprint density at radius 2 is 1.71 bits per heavy atom. The molecule has 4 rings (SSSR count). The number of benzene rings is 1. The van der Waals surface area contributed by atoms with E-state index in [1.54, 1.807) is 37.8 Å². The normalized spacial score (nSPS) is 18.8. The molecule has 11 heteroatoms. The van der Waals surface area contributed by atoms with Crippen molar-refractivity contribution in [3.63, 3.8) is 0 Å². The number of nitrogens with one attached hydrogen (secondary N) is 1. The van der Waals surface area contributed by atoms with Crippen molar-refractivity contribution in [3.8, 4) is 0 Å². The quantitative estimate of drug-likeness (QED) is 0.680. The molecule has 0 bridgehead atoms. The number of carbonyl (C=O) groups is 1. The van der Waals surface area contributed by atoms with Crippen molar-refractivity contribution in [2.24, 2.45) is 0 Å². The average molecular weight is 513 g/mol. The zero-order valence-corrected chi connectivity index (χ0v) is 21.1. The number of carbonyl (C=O) groups excluding carboxylic acids is 1. The second kappa shape index (κ2) is 8.94. The van der Waals surface area contributed by atoms with Crippen LogP contribution in [0.15, 0.2) is 35.2 Å². The highest BCUT2D eigenvalue weighted by atomic mass is 32.2. The minimum absolute atomic E-state index is 0.130. The first-order valence-electron chi connectivity index (χ1n) is 11.7. The number of alkyl halides is 3. The molecule has 2 aliphatic rings. The first-order chi connectivity index (χ1) is 16.3. The van der Waals surface area contributed by atoms with Gasteiger partial charge in [-0.3, -0.25) is 9.69 Å². The number of hydrogen-bond donors (Lipinski definition) is 1. The van der Waals surface area contributed by atoms with E-state index >= 15 is 0 Å². The number of nitrogens with zero attached hydrogens (tertiary/aromatic N) is 3. The summed E-state index contributed by atoms with van der Waals surface area (Å²) in [7, 11) is -1.76. The summed E-state index contributed by atoms with van der Waals surface area (Å²) in [5.74, 6) is -0.214. The van der Waals surface area contributed by atoms with Crippen molar-refractivity contribution in [1.29, 1.82) is 0 Å². The minimum atomic E-state index is -4.41. The van der Waals surface area contributed by atoms with Crippen LogP contribution in [0.5, 0.6) is 0 Å². The Kier molecular flexibility index (Phi) is 6.56. The summed E-state index contributed by atoms with van der Waals surface area (Å²) in [5, 5.41) is 0. The number of amides is 1. The van der Waals surface area contributed by atoms with Crippen LogP contribution in [-0.2, 0) is 28.3 Å². The maximum Gasteiger partial charge on any atom is 0.431 e. The summed E-state index contributed by atoms with van der Waals surface area (Å²) < 4.78 is 69.4. The van der Waals surface area contributed by atoms with E-state index in [0.29, 0.717) is 49.3 Å². The Labute approximate surface area is 203 Å². The van der Waals surface area contributed by atoms with Crippen molar-refractivity contribution in [1.82, 2.24) is 19.1 Å². The average Bonchev–Trinajstić information content (AvgIpc) is 3.21. The molecule has 1 aromatic heterocycles. The smallest absolute Gasteiger partial charge is 0.338 e. The molecule has 1 spiro atoms. The van der Waals surface area contributed by atoms with Gasteiger partial charge in [-0.05, 0) is 76.6 Å². The molecular formula is C24H31F3N4O3S. The van der Waals surface area contributed by atoms with Gasteiger partial charge in [-0.1, -0.05) is 0 Å². The van der Waals surface area contributed by atoms with E-state index < -0.39 is 27.4 Å². The van der Waals surface area contributed by atoms with Crippen molar-refractivity contribution >= 4 is 15.9 Å². The third-order valence-electron chi connectivity index (χ3n) is 7.12. The Morgan fingerprint density at radius 3 is 2.29 bits per heavy atom. The summed E-state index contributed by atoms with van der Waals surface area (Å²) >= 11 is 0. The molecule has 2 aliphatic heterocycles. The molecule has 1 N–H and O–H groups in total. The number of aromatic nitrogens is 1. The summed E-state index contributed by atoms with van der Waals surface area (Å²) in [6, 6.07) is 7.01. The monoisotopic (exact) mass is 512 g/mol. The van der Waals surface area contributed by atoms with Crippen LogP contribution < -0.4 is 4.72 Å². The summed E-state index contributed by atoms with van der Waals surface area (Å²) in [6.45, 7) is 6.68. The van der Waals surface area contributed by atoms with E-state index in [2.05, 4.69) is 9.62 Å². The van der Waals surface area contributed by atoms with Crippen molar-refractivity contribution in [2.45, 2.75) is 62.8 Å². The van der Waals surface area contributed by atoms with E-state index in [1.807, 2.05) is 7.05 Å². The fourth-order valence-electron chi connectivity index (χ4n) is 5.38.